The summed E-state index contributed by atoms with van der Waals surface area (Å²) < 4.78 is 0. The molecule has 1 rings (SSSR count). The molecule has 0 aliphatic carbocycles. The number of nitro groups is 1. The van der Waals surface area contributed by atoms with Crippen molar-refractivity contribution in [3.05, 3.63) is 42.0 Å². The zero-order valence-corrected chi connectivity index (χ0v) is 8.36. The lowest BCUT2D eigenvalue weighted by atomic mass is 10.6. The third kappa shape index (κ3) is 3.51. The number of aromatic nitrogens is 3. The van der Waals surface area contributed by atoms with Gasteiger partial charge in [0, 0.05) is 4.79 Å². The molecule has 14 heteroatoms. The largest absolute Gasteiger partial charge is 0.339 e. The first kappa shape index (κ1) is 13.0. The van der Waals surface area contributed by atoms with Crippen molar-refractivity contribution >= 4 is 0 Å². The normalized spacial score (nSPS) is 9.78. The van der Waals surface area contributed by atoms with Crippen LogP contribution in [-0.2, 0) is 22.9 Å². The minimum absolute atomic E-state index is 0.0993. The summed E-state index contributed by atoms with van der Waals surface area (Å²) in [4.78, 5) is 41.6. The Morgan fingerprint density at radius 1 is 1.06 bits per heavy atom. The Morgan fingerprint density at radius 3 is 2.11 bits per heavy atom. The Kier molecular flexibility index (Phi) is 3.85. The number of rotatable bonds is 7. The zero-order valence-electron chi connectivity index (χ0n) is 8.36. The molecule has 1 heterocycles. The fourth-order valence-corrected chi connectivity index (χ4v) is 0.886. The molecule has 0 spiro atoms. The van der Waals surface area contributed by atoms with E-state index in [1.807, 2.05) is 0 Å². The van der Waals surface area contributed by atoms with E-state index in [-0.39, 0.29) is 10.6 Å². The second-order valence-corrected chi connectivity index (χ2v) is 2.57. The van der Waals surface area contributed by atoms with Crippen molar-refractivity contribution in [3.8, 4) is 0 Å². The molecule has 0 bridgehead atoms. The van der Waals surface area contributed by atoms with Gasteiger partial charge in [0.2, 0.25) is 5.82 Å². The van der Waals surface area contributed by atoms with Gasteiger partial charge in [-0.2, -0.15) is 4.98 Å². The molecule has 14 nitrogen and oxygen atoms in total. The van der Waals surface area contributed by atoms with Crippen molar-refractivity contribution in [1.82, 2.24) is 14.9 Å². The molecule has 0 fully saturated rings. The molecule has 1 aromatic rings. The van der Waals surface area contributed by atoms with Gasteiger partial charge >= 0.3 is 0 Å². The number of nitrogens with zero attached hydrogens (tertiary/aromatic N) is 6. The lowest BCUT2D eigenvalue weighted by Gasteiger charge is -1.96. The molecule has 0 unspecified atom stereocenters. The van der Waals surface area contributed by atoms with Gasteiger partial charge in [0.1, 0.15) is 0 Å². The van der Waals surface area contributed by atoms with Crippen LogP contribution in [0, 0.1) is 30.3 Å². The van der Waals surface area contributed by atoms with Crippen molar-refractivity contribution < 1.29 is 24.9 Å². The smallest absolute Gasteiger partial charge is 0.296 e. The van der Waals surface area contributed by atoms with Crippen LogP contribution in [0.3, 0.4) is 0 Å². The monoisotopic (exact) mass is 264 g/mol. The number of hydrogen-bond acceptors (Lipinski definition) is 10. The summed E-state index contributed by atoms with van der Waals surface area (Å²) in [7, 11) is 0. The van der Waals surface area contributed by atoms with E-state index in [0.717, 1.165) is 0 Å². The highest BCUT2D eigenvalue weighted by molar-refractivity contribution is 4.88. The van der Waals surface area contributed by atoms with E-state index in [1.165, 1.54) is 0 Å². The molecular formula is C4H4N6O8. The van der Waals surface area contributed by atoms with Gasteiger partial charge in [-0.3, -0.25) is 0 Å². The van der Waals surface area contributed by atoms with Crippen LogP contribution in [0.5, 0.6) is 0 Å². The molecule has 1 aromatic heterocycles. The average Bonchev–Trinajstić information content (AvgIpc) is 2.67. The van der Waals surface area contributed by atoms with E-state index >= 15 is 0 Å². The highest BCUT2D eigenvalue weighted by atomic mass is 17.0. The molecule has 0 aliphatic rings. The van der Waals surface area contributed by atoms with Crippen molar-refractivity contribution in [2.45, 2.75) is 13.2 Å². The molecule has 0 aliphatic heterocycles. The third-order valence-electron chi connectivity index (χ3n) is 1.45. The van der Waals surface area contributed by atoms with Gasteiger partial charge in [-0.15, -0.1) is 20.2 Å². The average molecular weight is 264 g/mol. The Bertz CT molecular complexity index is 482. The standard InChI is InChI=1S/C4H4N6O8/c11-8(12)7-4(2-18-10(15)16)5-3(6-7)1-17-9(13)14/h1-2H2. The summed E-state index contributed by atoms with van der Waals surface area (Å²) in [5.41, 5.74) is 0. The maximum Gasteiger partial charge on any atom is 0.296 e. The molecule has 0 atom stereocenters. The van der Waals surface area contributed by atoms with Crippen molar-refractivity contribution in [3.63, 3.8) is 0 Å². The predicted molar refractivity (Wildman–Crippen MR) is 46.0 cm³/mol. The molecule has 0 aromatic carbocycles. The van der Waals surface area contributed by atoms with Gasteiger partial charge in [0.15, 0.2) is 13.2 Å². The molecule has 98 valence electrons. The van der Waals surface area contributed by atoms with Crippen molar-refractivity contribution in [1.29, 1.82) is 0 Å². The van der Waals surface area contributed by atoms with Gasteiger partial charge in [0.05, 0.1) is 10.1 Å². The Hall–Kier alpha value is -3.06. The van der Waals surface area contributed by atoms with E-state index in [9.17, 15) is 30.3 Å². The first-order chi connectivity index (χ1) is 8.40. The molecular weight excluding hydrogens is 260 g/mol. The molecule has 18 heavy (non-hydrogen) atoms. The highest BCUT2D eigenvalue weighted by Crippen LogP contribution is 2.02. The summed E-state index contributed by atoms with van der Waals surface area (Å²) in [5, 5.41) is 30.2. The first-order valence-corrected chi connectivity index (χ1v) is 4.04. The minimum Gasteiger partial charge on any atom is -0.339 e. The van der Waals surface area contributed by atoms with Gasteiger partial charge in [-0.05, 0) is 0 Å². The molecule has 0 N–H and O–H groups in total. The van der Waals surface area contributed by atoms with Crippen LogP contribution in [0.1, 0.15) is 11.6 Å². The van der Waals surface area contributed by atoms with E-state index in [2.05, 4.69) is 19.8 Å². The summed E-state index contributed by atoms with van der Waals surface area (Å²) >= 11 is 0. The van der Waals surface area contributed by atoms with Crippen molar-refractivity contribution in [2.24, 2.45) is 0 Å². The highest BCUT2D eigenvalue weighted by Gasteiger charge is 2.21. The van der Waals surface area contributed by atoms with E-state index in [0.29, 0.717) is 0 Å². The maximum atomic E-state index is 10.5. The van der Waals surface area contributed by atoms with Crippen LogP contribution in [0.4, 0.5) is 0 Å². The lowest BCUT2D eigenvalue weighted by Crippen LogP contribution is -2.16. The van der Waals surface area contributed by atoms with Gasteiger partial charge in [-0.1, -0.05) is 0 Å². The fraction of sp³-hybridized carbons (Fsp3) is 0.500. The minimum atomic E-state index is -1.17. The van der Waals surface area contributed by atoms with Crippen LogP contribution in [-0.4, -0.2) is 30.1 Å². The third-order valence-corrected chi connectivity index (χ3v) is 1.45. The Balaban J connectivity index is 2.83. The van der Waals surface area contributed by atoms with Gasteiger partial charge in [0.25, 0.3) is 16.0 Å². The first-order valence-electron chi connectivity index (χ1n) is 4.04. The zero-order chi connectivity index (χ0) is 13.7. The second-order valence-electron chi connectivity index (χ2n) is 2.57. The Morgan fingerprint density at radius 2 is 1.61 bits per heavy atom. The van der Waals surface area contributed by atoms with E-state index in [4.69, 9.17) is 0 Å². The van der Waals surface area contributed by atoms with Crippen LogP contribution in [0.25, 0.3) is 0 Å². The molecule has 0 amide bonds. The van der Waals surface area contributed by atoms with Crippen LogP contribution < -0.4 is 0 Å². The second kappa shape index (κ2) is 5.32. The quantitative estimate of drug-likeness (QED) is 0.425. The van der Waals surface area contributed by atoms with Crippen LogP contribution in [0.15, 0.2) is 0 Å². The summed E-state index contributed by atoms with van der Waals surface area (Å²) in [5.74, 6) is -0.885. The number of hydrogen-bond donors (Lipinski definition) is 0. The lowest BCUT2D eigenvalue weighted by molar-refractivity contribution is -0.764. The van der Waals surface area contributed by atoms with Gasteiger partial charge < -0.3 is 19.8 Å². The SMILES string of the molecule is O=[N+]([O-])OCc1nc(CO[N+](=O)[O-])n([N+](=O)[O-])n1. The van der Waals surface area contributed by atoms with Gasteiger partial charge in [-0.25, -0.2) is 0 Å². The topological polar surface area (TPSA) is 179 Å². The maximum absolute atomic E-state index is 10.5. The Labute approximate surface area is 96.1 Å². The van der Waals surface area contributed by atoms with Crippen LogP contribution >= 0.6 is 0 Å². The molecule has 0 radical (unpaired) electrons. The molecule has 0 saturated heterocycles. The predicted octanol–water partition coefficient (Wildman–Crippen LogP) is -1.27. The summed E-state index contributed by atoms with van der Waals surface area (Å²) in [6.45, 7) is -1.54. The van der Waals surface area contributed by atoms with Crippen molar-refractivity contribution in [2.75, 3.05) is 0 Å². The van der Waals surface area contributed by atoms with E-state index in [1.54, 1.807) is 0 Å². The fourth-order valence-electron chi connectivity index (χ4n) is 0.886. The van der Waals surface area contributed by atoms with E-state index < -0.39 is 34.2 Å². The van der Waals surface area contributed by atoms with Crippen LogP contribution in [0.2, 0.25) is 0 Å². The summed E-state index contributed by atoms with van der Waals surface area (Å²) in [6, 6.07) is 0. The summed E-state index contributed by atoms with van der Waals surface area (Å²) in [6.07, 6.45) is 0. The molecule has 0 saturated carbocycles.